The fourth-order valence-corrected chi connectivity index (χ4v) is 5.06. The number of hydrogen-bond donors (Lipinski definition) is 3. The Bertz CT molecular complexity index is 1610. The number of benzene rings is 3. The predicted molar refractivity (Wildman–Crippen MR) is 152 cm³/mol. The van der Waals surface area contributed by atoms with Gasteiger partial charge in [-0.05, 0) is 44.2 Å². The Morgan fingerprint density at radius 1 is 1.00 bits per heavy atom. The molecule has 1 amide bonds. The zero-order valence-corrected chi connectivity index (χ0v) is 22.7. The van der Waals surface area contributed by atoms with Gasteiger partial charge in [-0.3, -0.25) is 9.10 Å². The maximum absolute atomic E-state index is 12.2. The van der Waals surface area contributed by atoms with Crippen molar-refractivity contribution in [2.24, 2.45) is 10.7 Å². The molecular weight excluding hydrogens is 520 g/mol. The summed E-state index contributed by atoms with van der Waals surface area (Å²) in [6, 6.07) is 19.3. The number of H-pyrrole nitrogens is 1. The number of rotatable bonds is 11. The van der Waals surface area contributed by atoms with Gasteiger partial charge in [-0.1, -0.05) is 30.3 Å². The Kier molecular flexibility index (Phi) is 8.10. The number of aromatic nitrogens is 1. The Morgan fingerprint density at radius 2 is 1.62 bits per heavy atom. The number of aromatic hydroxyl groups is 1. The van der Waals surface area contributed by atoms with Crippen LogP contribution in [0.2, 0.25) is 0 Å². The van der Waals surface area contributed by atoms with Crippen molar-refractivity contribution in [3.63, 3.8) is 0 Å². The lowest BCUT2D eigenvalue weighted by Crippen LogP contribution is -2.37. The molecule has 0 atom stereocenters. The van der Waals surface area contributed by atoms with E-state index >= 15 is 0 Å². The summed E-state index contributed by atoms with van der Waals surface area (Å²) < 4.78 is 36.9. The molecule has 0 saturated heterocycles. The van der Waals surface area contributed by atoms with Gasteiger partial charge in [0.25, 0.3) is 0 Å². The van der Waals surface area contributed by atoms with Crippen LogP contribution in [0.5, 0.6) is 17.4 Å². The average molecular weight is 551 g/mol. The van der Waals surface area contributed by atoms with Crippen LogP contribution >= 0.6 is 0 Å². The minimum absolute atomic E-state index is 0.0787. The lowest BCUT2D eigenvalue weighted by Gasteiger charge is -2.20. The van der Waals surface area contributed by atoms with E-state index in [4.69, 9.17) is 20.2 Å². The molecule has 10 nitrogen and oxygen atoms in total. The molecule has 4 rings (SSSR count). The van der Waals surface area contributed by atoms with E-state index in [1.807, 2.05) is 50.2 Å². The Labute approximate surface area is 226 Å². The summed E-state index contributed by atoms with van der Waals surface area (Å²) in [5.41, 5.74) is 8.36. The summed E-state index contributed by atoms with van der Waals surface area (Å²) in [6.07, 6.45) is 1.00. The van der Waals surface area contributed by atoms with Crippen LogP contribution in [0.4, 0.5) is 11.4 Å². The molecule has 204 valence electrons. The Hall–Kier alpha value is -4.51. The quantitative estimate of drug-likeness (QED) is 0.240. The van der Waals surface area contributed by atoms with Crippen LogP contribution in [0.15, 0.2) is 71.7 Å². The SMILES string of the molecule is CCOc1cc2[nH]c(O)c(C(=Nc3ccc(N(CC(N)=O)S(C)(=O)=O)cc3)c3ccccc3)c2cc1OCC. The normalized spacial score (nSPS) is 11.9. The summed E-state index contributed by atoms with van der Waals surface area (Å²) in [4.78, 5) is 19.3. The van der Waals surface area contributed by atoms with Gasteiger partial charge in [0.2, 0.25) is 15.9 Å². The van der Waals surface area contributed by atoms with Crippen molar-refractivity contribution < 1.29 is 27.8 Å². The molecule has 0 bridgehead atoms. The molecule has 0 aliphatic heterocycles. The van der Waals surface area contributed by atoms with Crippen molar-refractivity contribution >= 4 is 43.9 Å². The van der Waals surface area contributed by atoms with E-state index in [9.17, 15) is 18.3 Å². The molecule has 0 unspecified atom stereocenters. The third kappa shape index (κ3) is 6.15. The standard InChI is InChI=1S/C28H30N4O6S/c1-4-37-23-15-21-22(16-24(23)38-5-2)31-28(34)26(21)27(18-9-7-6-8-10-18)30-19-11-13-20(14-12-19)32(17-25(29)33)39(3,35)36/h6-16,31,34H,4-5,17H2,1-3H3,(H2,29,33). The third-order valence-electron chi connectivity index (χ3n) is 5.81. The van der Waals surface area contributed by atoms with Gasteiger partial charge in [-0.2, -0.15) is 0 Å². The third-order valence-corrected chi connectivity index (χ3v) is 6.95. The fraction of sp³-hybridized carbons (Fsp3) is 0.214. The maximum Gasteiger partial charge on any atom is 0.238 e. The maximum atomic E-state index is 12.2. The Balaban J connectivity index is 1.87. The van der Waals surface area contributed by atoms with Crippen LogP contribution in [-0.2, 0) is 14.8 Å². The molecule has 3 aromatic carbocycles. The first-order valence-corrected chi connectivity index (χ1v) is 14.1. The number of aliphatic imine (C=N–C) groups is 1. The van der Waals surface area contributed by atoms with Crippen LogP contribution in [0, 0.1) is 0 Å². The summed E-state index contributed by atoms with van der Waals surface area (Å²) >= 11 is 0. The number of primary amides is 1. The van der Waals surface area contributed by atoms with Crippen LogP contribution in [0.25, 0.3) is 10.9 Å². The number of aromatic amines is 1. The zero-order valence-electron chi connectivity index (χ0n) is 21.8. The minimum Gasteiger partial charge on any atom is -0.494 e. The van der Waals surface area contributed by atoms with E-state index in [1.165, 1.54) is 0 Å². The molecule has 0 aliphatic rings. The first kappa shape index (κ1) is 27.5. The molecule has 0 aliphatic carbocycles. The smallest absolute Gasteiger partial charge is 0.238 e. The summed E-state index contributed by atoms with van der Waals surface area (Å²) in [6.45, 7) is 4.17. The molecular formula is C28H30N4O6S. The number of carbonyl (C=O) groups excluding carboxylic acids is 1. The molecule has 0 fully saturated rings. The van der Waals surface area contributed by atoms with Crippen molar-refractivity contribution in [2.75, 3.05) is 30.3 Å². The van der Waals surface area contributed by atoms with E-state index in [2.05, 4.69) is 4.98 Å². The van der Waals surface area contributed by atoms with Crippen LogP contribution in [0.1, 0.15) is 25.0 Å². The predicted octanol–water partition coefficient (Wildman–Crippen LogP) is 4.09. The van der Waals surface area contributed by atoms with Gasteiger partial charge in [0, 0.05) is 17.0 Å². The highest BCUT2D eigenvalue weighted by molar-refractivity contribution is 7.92. The van der Waals surface area contributed by atoms with Gasteiger partial charge >= 0.3 is 0 Å². The van der Waals surface area contributed by atoms with Gasteiger partial charge in [0.05, 0.1) is 47.6 Å². The lowest BCUT2D eigenvalue weighted by atomic mass is 10.0. The molecule has 1 heterocycles. The molecule has 1 aromatic heterocycles. The monoisotopic (exact) mass is 550 g/mol. The second-order valence-electron chi connectivity index (χ2n) is 8.64. The van der Waals surface area contributed by atoms with Crippen molar-refractivity contribution in [1.29, 1.82) is 0 Å². The van der Waals surface area contributed by atoms with Crippen molar-refractivity contribution in [1.82, 2.24) is 4.98 Å². The number of carbonyl (C=O) groups is 1. The van der Waals surface area contributed by atoms with E-state index in [1.54, 1.807) is 30.3 Å². The number of nitrogens with one attached hydrogen (secondary N) is 1. The highest BCUT2D eigenvalue weighted by Crippen LogP contribution is 2.39. The molecule has 0 spiro atoms. The molecule has 11 heteroatoms. The summed E-state index contributed by atoms with van der Waals surface area (Å²) in [5.74, 6) is 0.242. The number of sulfonamides is 1. The second kappa shape index (κ2) is 11.5. The topological polar surface area (TPSA) is 147 Å². The van der Waals surface area contributed by atoms with Crippen LogP contribution in [0.3, 0.4) is 0 Å². The number of amides is 1. The minimum atomic E-state index is -3.74. The molecule has 4 N–H and O–H groups in total. The highest BCUT2D eigenvalue weighted by Gasteiger charge is 2.22. The van der Waals surface area contributed by atoms with E-state index in [0.717, 1.165) is 16.1 Å². The summed E-state index contributed by atoms with van der Waals surface area (Å²) in [7, 11) is -3.74. The molecule has 39 heavy (non-hydrogen) atoms. The van der Waals surface area contributed by atoms with Crippen molar-refractivity contribution in [2.45, 2.75) is 13.8 Å². The number of fused-ring (bicyclic) bond motifs is 1. The first-order chi connectivity index (χ1) is 18.6. The Morgan fingerprint density at radius 3 is 2.18 bits per heavy atom. The van der Waals surface area contributed by atoms with Gasteiger partial charge in [-0.25, -0.2) is 13.4 Å². The molecule has 0 saturated carbocycles. The van der Waals surface area contributed by atoms with Gasteiger partial charge in [0.1, 0.15) is 6.54 Å². The first-order valence-electron chi connectivity index (χ1n) is 12.3. The number of nitrogens with zero attached hydrogens (tertiary/aromatic N) is 2. The van der Waals surface area contributed by atoms with E-state index in [0.29, 0.717) is 52.6 Å². The highest BCUT2D eigenvalue weighted by atomic mass is 32.2. The number of hydrogen-bond acceptors (Lipinski definition) is 7. The van der Waals surface area contributed by atoms with Gasteiger partial charge in [0.15, 0.2) is 17.4 Å². The van der Waals surface area contributed by atoms with Crippen LogP contribution in [-0.4, -0.2) is 56.1 Å². The largest absolute Gasteiger partial charge is 0.494 e. The second-order valence-corrected chi connectivity index (χ2v) is 10.5. The number of anilines is 1. The number of ether oxygens (including phenoxy) is 2. The fourth-order valence-electron chi connectivity index (χ4n) is 4.19. The van der Waals surface area contributed by atoms with Crippen molar-refractivity contribution in [3.8, 4) is 17.4 Å². The summed E-state index contributed by atoms with van der Waals surface area (Å²) in [5, 5.41) is 11.7. The molecule has 4 aromatic rings. The lowest BCUT2D eigenvalue weighted by molar-refractivity contribution is -0.116. The molecule has 0 radical (unpaired) electrons. The van der Waals surface area contributed by atoms with Gasteiger partial charge < -0.3 is 25.3 Å². The van der Waals surface area contributed by atoms with E-state index in [-0.39, 0.29) is 11.6 Å². The zero-order chi connectivity index (χ0) is 28.2. The average Bonchev–Trinajstić information content (AvgIpc) is 3.21. The van der Waals surface area contributed by atoms with Crippen LogP contribution < -0.4 is 19.5 Å². The van der Waals surface area contributed by atoms with Gasteiger partial charge in [-0.15, -0.1) is 0 Å². The van der Waals surface area contributed by atoms with E-state index < -0.39 is 22.5 Å². The van der Waals surface area contributed by atoms with Crippen molar-refractivity contribution in [3.05, 3.63) is 77.9 Å². The number of nitrogens with two attached hydrogens (primary N) is 1.